The number of amides is 1. The Morgan fingerprint density at radius 2 is 1.83 bits per heavy atom. The fourth-order valence-electron chi connectivity index (χ4n) is 3.32. The number of rotatable bonds is 3. The van der Waals surface area contributed by atoms with Crippen molar-refractivity contribution in [3.63, 3.8) is 0 Å². The van der Waals surface area contributed by atoms with E-state index in [4.69, 9.17) is 5.11 Å². The van der Waals surface area contributed by atoms with Crippen LogP contribution in [0.1, 0.15) is 39.5 Å². The van der Waals surface area contributed by atoms with Crippen LogP contribution in [0.4, 0.5) is 0 Å². The van der Waals surface area contributed by atoms with Gasteiger partial charge in [0.1, 0.15) is 0 Å². The van der Waals surface area contributed by atoms with Crippen molar-refractivity contribution in [1.29, 1.82) is 0 Å². The van der Waals surface area contributed by atoms with Crippen molar-refractivity contribution < 1.29 is 14.7 Å². The average Bonchev–Trinajstić information content (AvgIpc) is 2.97. The standard InChI is InChI=1S/C14H23NO3/c1-9(2)10-6-7-15(8-10)13(16)11-4-3-5-12(11)14(17)18/h9-12H,3-8H2,1-2H3,(H,17,18)/t10?,11-,12+/m1/s1. The second-order valence-corrected chi connectivity index (χ2v) is 6.06. The van der Waals surface area contributed by atoms with Crippen LogP contribution in [0.5, 0.6) is 0 Å². The maximum Gasteiger partial charge on any atom is 0.307 e. The second-order valence-electron chi connectivity index (χ2n) is 6.06. The van der Waals surface area contributed by atoms with Crippen LogP contribution in [0.2, 0.25) is 0 Å². The summed E-state index contributed by atoms with van der Waals surface area (Å²) in [5.74, 6) is -0.252. The molecule has 2 rings (SSSR count). The van der Waals surface area contributed by atoms with Crippen molar-refractivity contribution in [1.82, 2.24) is 4.90 Å². The van der Waals surface area contributed by atoms with E-state index in [9.17, 15) is 9.59 Å². The Balaban J connectivity index is 1.98. The molecule has 0 aromatic heterocycles. The van der Waals surface area contributed by atoms with Crippen LogP contribution < -0.4 is 0 Å². The summed E-state index contributed by atoms with van der Waals surface area (Å²) in [4.78, 5) is 25.4. The van der Waals surface area contributed by atoms with Crippen LogP contribution in [0, 0.1) is 23.7 Å². The monoisotopic (exact) mass is 253 g/mol. The Morgan fingerprint density at radius 3 is 2.39 bits per heavy atom. The fraction of sp³-hybridized carbons (Fsp3) is 0.857. The van der Waals surface area contributed by atoms with Crippen molar-refractivity contribution in [3.8, 4) is 0 Å². The zero-order valence-electron chi connectivity index (χ0n) is 11.3. The van der Waals surface area contributed by atoms with Gasteiger partial charge in [0.25, 0.3) is 0 Å². The van der Waals surface area contributed by atoms with Gasteiger partial charge in [-0.15, -0.1) is 0 Å². The van der Waals surface area contributed by atoms with E-state index in [-0.39, 0.29) is 11.8 Å². The van der Waals surface area contributed by atoms with E-state index in [0.29, 0.717) is 18.3 Å². The largest absolute Gasteiger partial charge is 0.481 e. The molecule has 0 aromatic rings. The van der Waals surface area contributed by atoms with Crippen molar-refractivity contribution in [2.45, 2.75) is 39.5 Å². The Kier molecular flexibility index (Phi) is 3.93. The molecule has 0 radical (unpaired) electrons. The van der Waals surface area contributed by atoms with Gasteiger partial charge in [0.2, 0.25) is 5.91 Å². The van der Waals surface area contributed by atoms with Gasteiger partial charge in [-0.1, -0.05) is 20.3 Å². The lowest BCUT2D eigenvalue weighted by molar-refractivity contribution is -0.148. The van der Waals surface area contributed by atoms with Gasteiger partial charge in [-0.05, 0) is 31.1 Å². The summed E-state index contributed by atoms with van der Waals surface area (Å²) in [7, 11) is 0. The zero-order chi connectivity index (χ0) is 13.3. The molecule has 0 aromatic carbocycles. The number of hydrogen-bond acceptors (Lipinski definition) is 2. The minimum absolute atomic E-state index is 0.0862. The van der Waals surface area contributed by atoms with E-state index in [1.807, 2.05) is 4.90 Å². The maximum atomic E-state index is 12.4. The Bertz CT molecular complexity index is 340. The first-order valence-electron chi connectivity index (χ1n) is 7.02. The molecule has 4 heteroatoms. The number of carbonyl (C=O) groups is 2. The van der Waals surface area contributed by atoms with Gasteiger partial charge in [-0.3, -0.25) is 9.59 Å². The van der Waals surface area contributed by atoms with Crippen LogP contribution in [0.15, 0.2) is 0 Å². The normalized spacial score (nSPS) is 32.2. The molecule has 1 N–H and O–H groups in total. The van der Waals surface area contributed by atoms with Crippen molar-refractivity contribution in [3.05, 3.63) is 0 Å². The van der Waals surface area contributed by atoms with Gasteiger partial charge >= 0.3 is 5.97 Å². The highest BCUT2D eigenvalue weighted by atomic mass is 16.4. The quantitative estimate of drug-likeness (QED) is 0.837. The fourth-order valence-corrected chi connectivity index (χ4v) is 3.32. The first-order chi connectivity index (χ1) is 8.50. The average molecular weight is 253 g/mol. The van der Waals surface area contributed by atoms with Gasteiger partial charge < -0.3 is 10.0 Å². The number of hydrogen-bond donors (Lipinski definition) is 1. The number of likely N-dealkylation sites (tertiary alicyclic amines) is 1. The van der Waals surface area contributed by atoms with E-state index >= 15 is 0 Å². The first kappa shape index (κ1) is 13.4. The Labute approximate surface area is 108 Å². The summed E-state index contributed by atoms with van der Waals surface area (Å²) in [5, 5.41) is 9.14. The molecule has 1 saturated carbocycles. The molecule has 18 heavy (non-hydrogen) atoms. The lowest BCUT2D eigenvalue weighted by Crippen LogP contribution is -2.38. The maximum absolute atomic E-state index is 12.4. The van der Waals surface area contributed by atoms with Gasteiger partial charge in [-0.2, -0.15) is 0 Å². The van der Waals surface area contributed by atoms with Crippen LogP contribution in [0.25, 0.3) is 0 Å². The third kappa shape index (κ3) is 2.52. The number of carbonyl (C=O) groups excluding carboxylic acids is 1. The lowest BCUT2D eigenvalue weighted by Gasteiger charge is -2.23. The second kappa shape index (κ2) is 5.29. The third-order valence-corrected chi connectivity index (χ3v) is 4.63. The van der Waals surface area contributed by atoms with Crippen molar-refractivity contribution >= 4 is 11.9 Å². The Morgan fingerprint density at radius 1 is 1.17 bits per heavy atom. The molecule has 0 bridgehead atoms. The summed E-state index contributed by atoms with van der Waals surface area (Å²) in [6.07, 6.45) is 3.34. The molecule has 1 saturated heterocycles. The van der Waals surface area contributed by atoms with E-state index in [2.05, 4.69) is 13.8 Å². The molecular formula is C14H23NO3. The predicted octanol–water partition coefficient (Wildman–Crippen LogP) is 1.99. The highest BCUT2D eigenvalue weighted by Crippen LogP contribution is 2.35. The van der Waals surface area contributed by atoms with Gasteiger partial charge in [0.05, 0.1) is 11.8 Å². The topological polar surface area (TPSA) is 57.6 Å². The van der Waals surface area contributed by atoms with E-state index in [1.165, 1.54) is 0 Å². The molecule has 102 valence electrons. The molecule has 1 heterocycles. The molecule has 1 unspecified atom stereocenters. The predicted molar refractivity (Wildman–Crippen MR) is 68.0 cm³/mol. The van der Waals surface area contributed by atoms with Gasteiger partial charge in [0.15, 0.2) is 0 Å². The minimum Gasteiger partial charge on any atom is -0.481 e. The molecule has 2 fully saturated rings. The molecule has 3 atom stereocenters. The number of aliphatic carboxylic acids is 1. The summed E-state index contributed by atoms with van der Waals surface area (Å²) in [5.41, 5.74) is 0. The highest BCUT2D eigenvalue weighted by Gasteiger charge is 2.41. The smallest absolute Gasteiger partial charge is 0.307 e. The van der Waals surface area contributed by atoms with Crippen LogP contribution in [-0.2, 0) is 9.59 Å². The molecule has 4 nitrogen and oxygen atoms in total. The summed E-state index contributed by atoms with van der Waals surface area (Å²) in [6, 6.07) is 0. The number of carboxylic acids is 1. The number of nitrogens with zero attached hydrogens (tertiary/aromatic N) is 1. The van der Waals surface area contributed by atoms with Crippen LogP contribution >= 0.6 is 0 Å². The molecule has 1 aliphatic carbocycles. The summed E-state index contributed by atoms with van der Waals surface area (Å²) in [6.45, 7) is 6.01. The molecule has 1 amide bonds. The molecule has 0 spiro atoms. The third-order valence-electron chi connectivity index (χ3n) is 4.63. The van der Waals surface area contributed by atoms with Gasteiger partial charge in [-0.25, -0.2) is 0 Å². The molecular weight excluding hydrogens is 230 g/mol. The highest BCUT2D eigenvalue weighted by molar-refractivity contribution is 5.85. The van der Waals surface area contributed by atoms with Crippen LogP contribution in [-0.4, -0.2) is 35.0 Å². The van der Waals surface area contributed by atoms with E-state index < -0.39 is 11.9 Å². The minimum atomic E-state index is -0.801. The first-order valence-corrected chi connectivity index (χ1v) is 7.02. The molecule has 2 aliphatic rings. The molecule has 1 aliphatic heterocycles. The van der Waals surface area contributed by atoms with Crippen molar-refractivity contribution in [2.75, 3.05) is 13.1 Å². The number of carboxylic acid groups (broad SMARTS) is 1. The summed E-state index contributed by atoms with van der Waals surface area (Å²) >= 11 is 0. The zero-order valence-corrected chi connectivity index (χ0v) is 11.3. The lowest BCUT2D eigenvalue weighted by atomic mass is 9.94. The Hall–Kier alpha value is -1.06. The SMILES string of the molecule is CC(C)C1CCN(C(=O)[C@@H]2CCC[C@@H]2C(=O)O)C1. The van der Waals surface area contributed by atoms with E-state index in [1.54, 1.807) is 0 Å². The van der Waals surface area contributed by atoms with E-state index in [0.717, 1.165) is 32.4 Å². The van der Waals surface area contributed by atoms with Crippen molar-refractivity contribution in [2.24, 2.45) is 23.7 Å². The summed E-state index contributed by atoms with van der Waals surface area (Å²) < 4.78 is 0. The van der Waals surface area contributed by atoms with Crippen LogP contribution in [0.3, 0.4) is 0 Å². The van der Waals surface area contributed by atoms with Gasteiger partial charge in [0, 0.05) is 13.1 Å².